The van der Waals surface area contributed by atoms with Crippen molar-refractivity contribution < 1.29 is 9.59 Å². The van der Waals surface area contributed by atoms with Crippen LogP contribution >= 0.6 is 11.6 Å². The molecule has 0 saturated carbocycles. The molecule has 0 fully saturated rings. The molecule has 2 aromatic heterocycles. The van der Waals surface area contributed by atoms with Gasteiger partial charge in [-0.15, -0.1) is 15.3 Å². The maximum absolute atomic E-state index is 13.0. The molecule has 2 heterocycles. The summed E-state index contributed by atoms with van der Waals surface area (Å²) in [5.41, 5.74) is 3.84. The molecule has 0 spiro atoms. The van der Waals surface area contributed by atoms with Crippen LogP contribution in [0, 0.1) is 0 Å². The van der Waals surface area contributed by atoms with Crippen LogP contribution in [-0.2, 0) is 17.6 Å². The van der Waals surface area contributed by atoms with Gasteiger partial charge in [-0.1, -0.05) is 47.1 Å². The lowest BCUT2D eigenvalue weighted by atomic mass is 10.1. The number of nitrogens with one attached hydrogen (secondary N) is 4. The lowest BCUT2D eigenvalue weighted by Gasteiger charge is -2.20. The number of carbonyl (C=O) groups is 2. The number of tetrazole rings is 2. The Hall–Kier alpha value is -5.43. The van der Waals surface area contributed by atoms with Gasteiger partial charge in [0.05, 0.1) is 11.7 Å². The van der Waals surface area contributed by atoms with Crippen molar-refractivity contribution in [2.45, 2.75) is 25.3 Å². The van der Waals surface area contributed by atoms with E-state index in [-0.39, 0.29) is 17.9 Å². The fourth-order valence-corrected chi connectivity index (χ4v) is 4.63. The lowest BCUT2D eigenvalue weighted by Crippen LogP contribution is -2.40. The number of aromatic nitrogens is 8. The van der Waals surface area contributed by atoms with Gasteiger partial charge in [0.15, 0.2) is 5.82 Å². The van der Waals surface area contributed by atoms with Crippen molar-refractivity contribution in [3.63, 3.8) is 0 Å². The lowest BCUT2D eigenvalue weighted by molar-refractivity contribution is -0.117. The zero-order valence-corrected chi connectivity index (χ0v) is 24.4. The molecular formula is C30H30ClN11O2. The average molecular weight is 612 g/mol. The third-order valence-corrected chi connectivity index (χ3v) is 6.86. The van der Waals surface area contributed by atoms with E-state index < -0.39 is 0 Å². The van der Waals surface area contributed by atoms with Gasteiger partial charge in [-0.3, -0.25) is 9.59 Å². The van der Waals surface area contributed by atoms with Gasteiger partial charge in [-0.25, -0.2) is 0 Å². The highest BCUT2D eigenvalue weighted by molar-refractivity contribution is 6.30. The number of H-pyrrole nitrogens is 1. The summed E-state index contributed by atoms with van der Waals surface area (Å²) in [6, 6.07) is 22.2. The number of anilines is 1. The van der Waals surface area contributed by atoms with Crippen molar-refractivity contribution in [2.24, 2.45) is 0 Å². The van der Waals surface area contributed by atoms with E-state index in [0.29, 0.717) is 60.0 Å². The number of rotatable bonds is 14. The van der Waals surface area contributed by atoms with Gasteiger partial charge in [-0.2, -0.15) is 9.90 Å². The number of carbonyl (C=O) groups excluding carboxylic acids is 2. The predicted octanol–water partition coefficient (Wildman–Crippen LogP) is 3.04. The third-order valence-electron chi connectivity index (χ3n) is 6.62. The number of aryl methyl sites for hydroxylation is 1. The summed E-state index contributed by atoms with van der Waals surface area (Å²) in [7, 11) is 0. The number of aromatic amines is 1. The molecule has 1 atom stereocenters. The first-order valence-electron chi connectivity index (χ1n) is 13.9. The molecule has 5 aromatic rings. The van der Waals surface area contributed by atoms with Crippen molar-refractivity contribution in [2.75, 3.05) is 18.4 Å². The van der Waals surface area contributed by atoms with Crippen LogP contribution in [0.2, 0.25) is 5.02 Å². The zero-order valence-electron chi connectivity index (χ0n) is 23.6. The summed E-state index contributed by atoms with van der Waals surface area (Å²) in [6.07, 6.45) is 6.56. The highest BCUT2D eigenvalue weighted by Gasteiger charge is 2.13. The minimum Gasteiger partial charge on any atom is -0.383 e. The summed E-state index contributed by atoms with van der Waals surface area (Å²) in [5.74, 6) is 0.193. The van der Waals surface area contributed by atoms with E-state index in [1.54, 1.807) is 36.4 Å². The van der Waals surface area contributed by atoms with Crippen molar-refractivity contribution in [1.82, 2.24) is 51.5 Å². The Morgan fingerprint density at radius 3 is 2.64 bits per heavy atom. The average Bonchev–Trinajstić information content (AvgIpc) is 3.77. The molecule has 0 aliphatic carbocycles. The Labute approximate surface area is 258 Å². The highest BCUT2D eigenvalue weighted by Crippen LogP contribution is 2.20. The van der Waals surface area contributed by atoms with Crippen LogP contribution in [0.5, 0.6) is 0 Å². The molecule has 3 aromatic carbocycles. The van der Waals surface area contributed by atoms with Crippen LogP contribution in [0.15, 0.2) is 85.2 Å². The largest absolute Gasteiger partial charge is 0.383 e. The minimum atomic E-state index is -0.262. The fourth-order valence-electron chi connectivity index (χ4n) is 4.45. The van der Waals surface area contributed by atoms with Gasteiger partial charge in [0.1, 0.15) is 6.33 Å². The number of hydrogen-bond acceptors (Lipinski definition) is 9. The number of benzene rings is 3. The molecule has 0 saturated heterocycles. The van der Waals surface area contributed by atoms with Crippen molar-refractivity contribution in [3.05, 3.63) is 113 Å². The standard InChI is InChI=1S/C30H30ClN11O2/c31-24-11-14-27(42-20-34-38-41-42)23(18-24)10-15-29(43)35-26(17-21-5-2-1-3-6-21)19-33-25-12-8-22(9-13-25)30(44)32-16-4-7-28-36-39-40-37-28/h1-3,5-6,8-15,18,20,26,33H,4,7,16-17,19H2,(H,32,44)(H,35,43)(H,36,37,39,40)/b15-10+/t26-/m0/s1. The molecule has 0 aliphatic heterocycles. The Kier molecular flexibility index (Phi) is 10.4. The van der Waals surface area contributed by atoms with Gasteiger partial charge >= 0.3 is 0 Å². The number of amides is 2. The molecule has 0 aliphatic rings. The molecule has 0 radical (unpaired) electrons. The van der Waals surface area contributed by atoms with Crippen molar-refractivity contribution in [1.29, 1.82) is 0 Å². The Bertz CT molecular complexity index is 1660. The fraction of sp³-hybridized carbons (Fsp3) is 0.200. The molecule has 4 N–H and O–H groups in total. The monoisotopic (exact) mass is 611 g/mol. The summed E-state index contributed by atoms with van der Waals surface area (Å²) in [4.78, 5) is 25.6. The van der Waals surface area contributed by atoms with Crippen molar-refractivity contribution in [3.8, 4) is 5.69 Å². The van der Waals surface area contributed by atoms with E-state index in [2.05, 4.69) is 52.1 Å². The van der Waals surface area contributed by atoms with E-state index in [1.165, 1.54) is 17.1 Å². The first kappa shape index (κ1) is 30.0. The van der Waals surface area contributed by atoms with E-state index in [9.17, 15) is 9.59 Å². The topological polar surface area (TPSA) is 168 Å². The van der Waals surface area contributed by atoms with E-state index in [0.717, 1.165) is 11.3 Å². The van der Waals surface area contributed by atoms with Gasteiger partial charge in [0, 0.05) is 47.4 Å². The van der Waals surface area contributed by atoms with Gasteiger partial charge < -0.3 is 16.0 Å². The van der Waals surface area contributed by atoms with E-state index >= 15 is 0 Å². The molecule has 0 unspecified atom stereocenters. The van der Waals surface area contributed by atoms with Crippen LogP contribution in [0.4, 0.5) is 5.69 Å². The minimum absolute atomic E-state index is 0.159. The Morgan fingerprint density at radius 1 is 1.05 bits per heavy atom. The first-order chi connectivity index (χ1) is 21.5. The third kappa shape index (κ3) is 8.79. The normalized spacial score (nSPS) is 11.8. The molecule has 13 nitrogen and oxygen atoms in total. The molecule has 0 bridgehead atoms. The van der Waals surface area contributed by atoms with E-state index in [4.69, 9.17) is 11.6 Å². The molecule has 5 rings (SSSR count). The molecular weight excluding hydrogens is 582 g/mol. The second kappa shape index (κ2) is 15.2. The Morgan fingerprint density at radius 2 is 1.89 bits per heavy atom. The first-order valence-corrected chi connectivity index (χ1v) is 14.3. The van der Waals surface area contributed by atoms with Gasteiger partial charge in [0.25, 0.3) is 5.91 Å². The maximum Gasteiger partial charge on any atom is 0.251 e. The van der Waals surface area contributed by atoms with Gasteiger partial charge in [-0.05, 0) is 77.4 Å². The SMILES string of the molecule is O=C(/C=C/c1cc(Cl)ccc1-n1cnnn1)N[C@H](CNc1ccc(C(=O)NCCCc2nn[nH]n2)cc1)Cc1ccccc1. The quantitative estimate of drug-likeness (QED) is 0.109. The summed E-state index contributed by atoms with van der Waals surface area (Å²) < 4.78 is 1.50. The number of nitrogens with zero attached hydrogens (tertiary/aromatic N) is 7. The van der Waals surface area contributed by atoms with Gasteiger partial charge in [0.2, 0.25) is 5.91 Å². The number of halogens is 1. The summed E-state index contributed by atoms with van der Waals surface area (Å²) >= 11 is 6.21. The zero-order chi connectivity index (χ0) is 30.6. The molecule has 2 amide bonds. The molecule has 14 heteroatoms. The van der Waals surface area contributed by atoms with Crippen LogP contribution in [0.25, 0.3) is 11.8 Å². The smallest absolute Gasteiger partial charge is 0.251 e. The molecule has 224 valence electrons. The second-order valence-corrected chi connectivity index (χ2v) is 10.3. The maximum atomic E-state index is 13.0. The number of hydrogen-bond donors (Lipinski definition) is 4. The van der Waals surface area contributed by atoms with Crippen LogP contribution < -0.4 is 16.0 Å². The Balaban J connectivity index is 1.18. The highest BCUT2D eigenvalue weighted by atomic mass is 35.5. The summed E-state index contributed by atoms with van der Waals surface area (Å²) in [6.45, 7) is 0.960. The van der Waals surface area contributed by atoms with E-state index in [1.807, 2.05) is 42.5 Å². The molecule has 44 heavy (non-hydrogen) atoms. The summed E-state index contributed by atoms with van der Waals surface area (Å²) in [5, 5.41) is 34.9. The van der Waals surface area contributed by atoms with Crippen LogP contribution in [0.1, 0.15) is 33.7 Å². The predicted molar refractivity (Wildman–Crippen MR) is 165 cm³/mol. The van der Waals surface area contributed by atoms with Crippen molar-refractivity contribution >= 4 is 35.2 Å². The second-order valence-electron chi connectivity index (χ2n) is 9.83. The van der Waals surface area contributed by atoms with Crippen LogP contribution in [0.3, 0.4) is 0 Å². The van der Waals surface area contributed by atoms with Crippen LogP contribution in [-0.4, -0.2) is 71.8 Å².